The Balaban J connectivity index is 0.000000396. The molecule has 2 N–H and O–H groups in total. The largest absolute Gasteiger partial charge is 0.478 e. The molecule has 5 heteroatoms. The van der Waals surface area contributed by atoms with Crippen LogP contribution in [0.25, 0.3) is 6.08 Å². The maximum Gasteiger partial charge on any atom is 0.331 e. The van der Waals surface area contributed by atoms with Crippen molar-refractivity contribution in [3.8, 4) is 0 Å². The summed E-state index contributed by atoms with van der Waals surface area (Å²) in [6.45, 7) is 4.41. The van der Waals surface area contributed by atoms with Gasteiger partial charge in [0.1, 0.15) is 0 Å². The molecule has 1 aromatic carbocycles. The lowest BCUT2D eigenvalue weighted by Crippen LogP contribution is -2.00. The first kappa shape index (κ1) is 17.6. The lowest BCUT2D eigenvalue weighted by atomic mass is 10.2. The van der Waals surface area contributed by atoms with E-state index in [0.717, 1.165) is 5.56 Å². The maximum atomic E-state index is 10.4. The molecule has 0 aliphatic carbocycles. The number of hydrogen-bond donors (Lipinski definition) is 2. The number of carboxylic acids is 1. The van der Waals surface area contributed by atoms with Crippen molar-refractivity contribution in [3.05, 3.63) is 54.3 Å². The van der Waals surface area contributed by atoms with Gasteiger partial charge in [0, 0.05) is 25.5 Å². The van der Waals surface area contributed by atoms with E-state index in [1.54, 1.807) is 6.08 Å². The number of ether oxygens (including phenoxy) is 1. The summed E-state index contributed by atoms with van der Waals surface area (Å²) in [5.41, 5.74) is 1.06. The van der Waals surface area contributed by atoms with Crippen LogP contribution in [0.4, 0.5) is 0 Å². The maximum absolute atomic E-state index is 10.4. The molecule has 0 saturated heterocycles. The summed E-state index contributed by atoms with van der Waals surface area (Å²) in [5, 5.41) is 16.3. The van der Waals surface area contributed by atoms with E-state index in [1.807, 2.05) is 30.3 Å². The molecule has 0 heterocycles. The van der Waals surface area contributed by atoms with Gasteiger partial charge in [-0.25, -0.2) is 4.79 Å². The Hall–Kier alpha value is -2.40. The number of carbonyl (C=O) groups is 2. The van der Waals surface area contributed by atoms with Gasteiger partial charge in [0.2, 0.25) is 0 Å². The molecule has 0 aliphatic rings. The smallest absolute Gasteiger partial charge is 0.331 e. The Kier molecular flexibility index (Phi) is 9.25. The van der Waals surface area contributed by atoms with E-state index < -0.39 is 5.97 Å². The minimum absolute atomic E-state index is 0.0486. The fraction of sp³-hybridized carbons (Fsp3) is 0.200. The van der Waals surface area contributed by atoms with E-state index in [2.05, 4.69) is 11.3 Å². The van der Waals surface area contributed by atoms with Gasteiger partial charge < -0.3 is 14.9 Å². The number of rotatable bonds is 5. The molecule has 5 nitrogen and oxygen atoms in total. The van der Waals surface area contributed by atoms with Gasteiger partial charge in [-0.1, -0.05) is 36.9 Å². The minimum Gasteiger partial charge on any atom is -0.478 e. The molecule has 0 fully saturated rings. The topological polar surface area (TPSA) is 83.8 Å². The van der Waals surface area contributed by atoms with Gasteiger partial charge in [-0.2, -0.15) is 0 Å². The second kappa shape index (κ2) is 10.5. The van der Waals surface area contributed by atoms with Gasteiger partial charge in [-0.3, -0.25) is 4.79 Å². The van der Waals surface area contributed by atoms with Crippen molar-refractivity contribution in [3.63, 3.8) is 0 Å². The quantitative estimate of drug-likeness (QED) is 0.490. The summed E-state index contributed by atoms with van der Waals surface area (Å²) in [5.74, 6) is -1.35. The number of carbonyl (C=O) groups excluding carboxylic acids is 1. The molecule has 1 aromatic rings. The molecule has 108 valence electrons. The molecular formula is C15H18O5. The fourth-order valence-electron chi connectivity index (χ4n) is 1.01. The second-order valence-electron chi connectivity index (χ2n) is 3.71. The highest BCUT2D eigenvalue weighted by Crippen LogP contribution is 2.00. The Morgan fingerprint density at radius 1 is 1.30 bits per heavy atom. The number of carboxylic acid groups (broad SMARTS) is 1. The molecule has 0 saturated carbocycles. The number of esters is 1. The first-order chi connectivity index (χ1) is 9.47. The standard InChI is InChI=1S/C10H10O2.C5H8O3/c1-9(11)12-8-7-10-5-3-2-4-6-10;1-4(2-3-6)5(7)8/h2-8H,1H3;6H,1-3H2,(H,7,8). The van der Waals surface area contributed by atoms with E-state index in [0.29, 0.717) is 0 Å². The predicted molar refractivity (Wildman–Crippen MR) is 75.7 cm³/mol. The van der Waals surface area contributed by atoms with E-state index in [1.165, 1.54) is 13.2 Å². The Labute approximate surface area is 117 Å². The molecule has 0 amide bonds. The van der Waals surface area contributed by atoms with E-state index in [-0.39, 0.29) is 24.6 Å². The second-order valence-corrected chi connectivity index (χ2v) is 3.71. The lowest BCUT2D eigenvalue weighted by molar-refractivity contribution is -0.135. The average Bonchev–Trinajstić information content (AvgIpc) is 2.40. The molecule has 0 aliphatic heterocycles. The summed E-state index contributed by atoms with van der Waals surface area (Å²) in [7, 11) is 0. The first-order valence-corrected chi connectivity index (χ1v) is 5.88. The molecule has 0 radical (unpaired) electrons. The van der Waals surface area contributed by atoms with Crippen LogP contribution in [0, 0.1) is 0 Å². The zero-order valence-electron chi connectivity index (χ0n) is 11.3. The van der Waals surface area contributed by atoms with Gasteiger partial charge in [0.25, 0.3) is 0 Å². The van der Waals surface area contributed by atoms with Crippen molar-refractivity contribution in [2.45, 2.75) is 13.3 Å². The summed E-state index contributed by atoms with van der Waals surface area (Å²) in [6, 6.07) is 9.64. The third kappa shape index (κ3) is 9.61. The van der Waals surface area contributed by atoms with Crippen LogP contribution in [-0.4, -0.2) is 28.8 Å². The van der Waals surface area contributed by atoms with Crippen LogP contribution in [0.1, 0.15) is 18.9 Å². The Morgan fingerprint density at radius 2 is 1.90 bits per heavy atom. The monoisotopic (exact) mass is 278 g/mol. The average molecular weight is 278 g/mol. The molecule has 0 bridgehead atoms. The highest BCUT2D eigenvalue weighted by Gasteiger charge is 1.99. The molecule has 1 rings (SSSR count). The van der Waals surface area contributed by atoms with Crippen molar-refractivity contribution in [1.82, 2.24) is 0 Å². The Bertz CT molecular complexity index is 462. The molecular weight excluding hydrogens is 260 g/mol. The summed E-state index contributed by atoms with van der Waals surface area (Å²) < 4.78 is 4.63. The lowest BCUT2D eigenvalue weighted by Gasteiger charge is -1.91. The van der Waals surface area contributed by atoms with Gasteiger partial charge in [-0.15, -0.1) is 0 Å². The van der Waals surface area contributed by atoms with Crippen molar-refractivity contribution < 1.29 is 24.5 Å². The minimum atomic E-state index is -1.04. The number of benzene rings is 1. The van der Waals surface area contributed by atoms with Gasteiger partial charge >= 0.3 is 11.9 Å². The molecule has 0 unspecified atom stereocenters. The predicted octanol–water partition coefficient (Wildman–Crippen LogP) is 2.23. The summed E-state index contributed by atoms with van der Waals surface area (Å²) in [4.78, 5) is 20.2. The van der Waals surface area contributed by atoms with Crippen LogP contribution >= 0.6 is 0 Å². The molecule has 0 spiro atoms. The molecule has 20 heavy (non-hydrogen) atoms. The van der Waals surface area contributed by atoms with Gasteiger partial charge in [0.05, 0.1) is 6.26 Å². The SMILES string of the molecule is C=C(CCO)C(=O)O.CC(=O)OC=Cc1ccccc1. The highest BCUT2D eigenvalue weighted by molar-refractivity contribution is 5.85. The molecule has 0 atom stereocenters. The van der Waals surface area contributed by atoms with Crippen LogP contribution in [0.2, 0.25) is 0 Å². The normalized spacial score (nSPS) is 9.50. The van der Waals surface area contributed by atoms with E-state index >= 15 is 0 Å². The van der Waals surface area contributed by atoms with Crippen LogP contribution in [-0.2, 0) is 14.3 Å². The number of hydrogen-bond acceptors (Lipinski definition) is 4. The van der Waals surface area contributed by atoms with Crippen LogP contribution < -0.4 is 0 Å². The van der Waals surface area contributed by atoms with Crippen molar-refractivity contribution in [2.75, 3.05) is 6.61 Å². The van der Waals surface area contributed by atoms with Crippen LogP contribution in [0.3, 0.4) is 0 Å². The molecule has 0 aromatic heterocycles. The van der Waals surface area contributed by atoms with Gasteiger partial charge in [-0.05, 0) is 11.6 Å². The van der Waals surface area contributed by atoms with Crippen LogP contribution in [0.15, 0.2) is 48.7 Å². The van der Waals surface area contributed by atoms with Crippen molar-refractivity contribution in [1.29, 1.82) is 0 Å². The number of aliphatic carboxylic acids is 1. The zero-order chi connectivity index (χ0) is 15.4. The third-order valence-corrected chi connectivity index (χ3v) is 2.01. The summed E-state index contributed by atoms with van der Waals surface area (Å²) in [6.07, 6.45) is 3.27. The Morgan fingerprint density at radius 3 is 2.30 bits per heavy atom. The van der Waals surface area contributed by atoms with Crippen molar-refractivity contribution >= 4 is 18.0 Å². The highest BCUT2D eigenvalue weighted by atomic mass is 16.5. The third-order valence-electron chi connectivity index (χ3n) is 2.01. The summed E-state index contributed by atoms with van der Waals surface area (Å²) >= 11 is 0. The van der Waals surface area contributed by atoms with Crippen molar-refractivity contribution in [2.24, 2.45) is 0 Å². The zero-order valence-corrected chi connectivity index (χ0v) is 11.3. The number of aliphatic hydroxyl groups excluding tert-OH is 1. The fourth-order valence-corrected chi connectivity index (χ4v) is 1.01. The van der Waals surface area contributed by atoms with Gasteiger partial charge in [0.15, 0.2) is 0 Å². The van der Waals surface area contributed by atoms with E-state index in [4.69, 9.17) is 10.2 Å². The first-order valence-electron chi connectivity index (χ1n) is 5.88. The van der Waals surface area contributed by atoms with Crippen LogP contribution in [0.5, 0.6) is 0 Å². The van der Waals surface area contributed by atoms with E-state index in [9.17, 15) is 9.59 Å². The number of aliphatic hydroxyl groups is 1.